The fourth-order valence-corrected chi connectivity index (χ4v) is 2.42. The lowest BCUT2D eigenvalue weighted by Gasteiger charge is -2.47. The van der Waals surface area contributed by atoms with Crippen molar-refractivity contribution in [2.24, 2.45) is 0 Å². The molecular weight excluding hydrogens is 234 g/mol. The predicted octanol–water partition coefficient (Wildman–Crippen LogP) is -0.231. The molecule has 0 amide bonds. The zero-order valence-electron chi connectivity index (χ0n) is 10.1. The maximum Gasteiger partial charge on any atom is 0.348 e. The maximum absolute atomic E-state index is 11.3. The van der Waals surface area contributed by atoms with E-state index in [2.05, 4.69) is 22.1 Å². The first kappa shape index (κ1) is 11.2. The molecule has 2 aromatic rings. The molecule has 1 fully saturated rings. The number of aromatic nitrogens is 4. The Morgan fingerprint density at radius 2 is 2.33 bits per heavy atom. The molecule has 0 radical (unpaired) electrons. The van der Waals surface area contributed by atoms with E-state index in [4.69, 9.17) is 0 Å². The number of H-pyrrole nitrogens is 1. The second-order valence-corrected chi connectivity index (χ2v) is 4.83. The van der Waals surface area contributed by atoms with Gasteiger partial charge in [0.2, 0.25) is 0 Å². The van der Waals surface area contributed by atoms with Crippen molar-refractivity contribution in [3.05, 3.63) is 22.9 Å². The quantitative estimate of drug-likeness (QED) is 0.784. The van der Waals surface area contributed by atoms with Gasteiger partial charge in [0.25, 0.3) is 0 Å². The molecule has 0 bridgehead atoms. The molecule has 0 saturated carbocycles. The van der Waals surface area contributed by atoms with E-state index in [0.29, 0.717) is 18.7 Å². The lowest BCUT2D eigenvalue weighted by atomic mass is 9.89. The van der Waals surface area contributed by atoms with E-state index < -0.39 is 5.60 Å². The van der Waals surface area contributed by atoms with Gasteiger partial charge in [0.05, 0.1) is 5.60 Å². The molecule has 0 aliphatic carbocycles. The minimum Gasteiger partial charge on any atom is -0.386 e. The smallest absolute Gasteiger partial charge is 0.348 e. The fraction of sp³-hybridized carbons (Fsp3) is 0.545. The molecule has 1 aliphatic rings. The molecule has 2 N–H and O–H groups in total. The summed E-state index contributed by atoms with van der Waals surface area (Å²) in [7, 11) is 0. The van der Waals surface area contributed by atoms with Gasteiger partial charge in [0.15, 0.2) is 5.65 Å². The van der Waals surface area contributed by atoms with Gasteiger partial charge in [0.1, 0.15) is 12.1 Å². The number of hydrogen-bond acceptors (Lipinski definition) is 5. The van der Waals surface area contributed by atoms with E-state index in [1.807, 2.05) is 4.90 Å². The van der Waals surface area contributed by atoms with E-state index in [0.717, 1.165) is 18.7 Å². The third-order valence-corrected chi connectivity index (χ3v) is 3.31. The Kier molecular flexibility index (Phi) is 2.37. The number of aromatic amines is 1. The fourth-order valence-electron chi connectivity index (χ4n) is 2.42. The van der Waals surface area contributed by atoms with Gasteiger partial charge in [-0.1, -0.05) is 13.3 Å². The van der Waals surface area contributed by atoms with Crippen LogP contribution in [0.1, 0.15) is 19.8 Å². The third kappa shape index (κ3) is 1.67. The van der Waals surface area contributed by atoms with Crippen molar-refractivity contribution in [2.75, 3.05) is 18.0 Å². The number of aliphatic hydroxyl groups is 1. The molecular formula is C11H15N5O2. The molecule has 1 aliphatic heterocycles. The van der Waals surface area contributed by atoms with Crippen molar-refractivity contribution in [2.45, 2.75) is 25.4 Å². The Morgan fingerprint density at radius 3 is 3.06 bits per heavy atom. The lowest BCUT2D eigenvalue weighted by molar-refractivity contribution is 0.00294. The minimum absolute atomic E-state index is 0.296. The van der Waals surface area contributed by atoms with Crippen LogP contribution in [-0.4, -0.2) is 43.4 Å². The topological polar surface area (TPSA) is 86.5 Å². The van der Waals surface area contributed by atoms with Crippen molar-refractivity contribution < 1.29 is 5.11 Å². The van der Waals surface area contributed by atoms with Crippen molar-refractivity contribution in [3.63, 3.8) is 0 Å². The largest absolute Gasteiger partial charge is 0.386 e. The molecule has 7 nitrogen and oxygen atoms in total. The van der Waals surface area contributed by atoms with Crippen molar-refractivity contribution in [3.8, 4) is 0 Å². The van der Waals surface area contributed by atoms with Gasteiger partial charge < -0.3 is 10.0 Å². The van der Waals surface area contributed by atoms with Crippen molar-refractivity contribution in [1.82, 2.24) is 19.6 Å². The zero-order valence-corrected chi connectivity index (χ0v) is 10.1. The first-order valence-corrected chi connectivity index (χ1v) is 6.01. The molecule has 96 valence electrons. The molecule has 0 spiro atoms. The molecule has 1 saturated heterocycles. The van der Waals surface area contributed by atoms with E-state index >= 15 is 0 Å². The van der Waals surface area contributed by atoms with Gasteiger partial charge in [-0.15, -0.1) is 0 Å². The second-order valence-electron chi connectivity index (χ2n) is 4.83. The van der Waals surface area contributed by atoms with Gasteiger partial charge in [-0.2, -0.15) is 5.10 Å². The van der Waals surface area contributed by atoms with E-state index in [-0.39, 0.29) is 5.69 Å². The van der Waals surface area contributed by atoms with Crippen LogP contribution in [0, 0.1) is 0 Å². The zero-order chi connectivity index (χ0) is 12.8. The highest BCUT2D eigenvalue weighted by Gasteiger charge is 2.40. The number of anilines is 1. The Labute approximate surface area is 103 Å². The Morgan fingerprint density at radius 1 is 1.56 bits per heavy atom. The predicted molar refractivity (Wildman–Crippen MR) is 65.7 cm³/mol. The monoisotopic (exact) mass is 249 g/mol. The van der Waals surface area contributed by atoms with Gasteiger partial charge in [0, 0.05) is 19.2 Å². The van der Waals surface area contributed by atoms with Gasteiger partial charge >= 0.3 is 5.69 Å². The number of nitrogens with one attached hydrogen (secondary N) is 1. The number of nitrogens with zero attached hydrogens (tertiary/aromatic N) is 4. The summed E-state index contributed by atoms with van der Waals surface area (Å²) in [6.45, 7) is 3.22. The molecule has 0 atom stereocenters. The summed E-state index contributed by atoms with van der Waals surface area (Å²) in [6, 6.07) is 1.74. The molecule has 18 heavy (non-hydrogen) atoms. The third-order valence-electron chi connectivity index (χ3n) is 3.31. The molecule has 2 aromatic heterocycles. The second kappa shape index (κ2) is 3.81. The number of rotatable bonds is 3. The van der Waals surface area contributed by atoms with Gasteiger partial charge in [-0.25, -0.2) is 19.3 Å². The summed E-state index contributed by atoms with van der Waals surface area (Å²) < 4.78 is 1.35. The summed E-state index contributed by atoms with van der Waals surface area (Å²) in [5, 5.41) is 16.4. The average Bonchev–Trinajstić information content (AvgIpc) is 2.68. The Bertz CT molecular complexity index is 626. The number of fused-ring (bicyclic) bond motifs is 1. The molecule has 3 heterocycles. The summed E-state index contributed by atoms with van der Waals surface area (Å²) in [6.07, 6.45) is 3.22. The standard InChI is InChI=1S/C11H15N5O2/c1-2-3-11(18)5-15(6-11)8-4-9-13-14-10(17)16(9)7-12-8/h4,7,18H,2-3,5-6H2,1H3,(H,14,17). The van der Waals surface area contributed by atoms with Crippen LogP contribution in [0.4, 0.5) is 5.82 Å². The Hall–Kier alpha value is -1.89. The SMILES string of the molecule is CCCC1(O)CN(c2cc3n[nH]c(=O)n3cn2)C1. The van der Waals surface area contributed by atoms with Crippen LogP contribution in [0.2, 0.25) is 0 Å². The van der Waals surface area contributed by atoms with Crippen molar-refractivity contribution in [1.29, 1.82) is 0 Å². The maximum atomic E-state index is 11.3. The summed E-state index contributed by atoms with van der Waals surface area (Å²) in [4.78, 5) is 17.5. The van der Waals surface area contributed by atoms with Crippen LogP contribution >= 0.6 is 0 Å². The lowest BCUT2D eigenvalue weighted by Crippen LogP contribution is -2.62. The molecule has 3 rings (SSSR count). The highest BCUT2D eigenvalue weighted by Crippen LogP contribution is 2.29. The van der Waals surface area contributed by atoms with E-state index in [9.17, 15) is 9.90 Å². The molecule has 0 aromatic carbocycles. The van der Waals surface area contributed by atoms with Gasteiger partial charge in [-0.3, -0.25) is 0 Å². The van der Waals surface area contributed by atoms with Crippen LogP contribution in [0.25, 0.3) is 5.65 Å². The summed E-state index contributed by atoms with van der Waals surface area (Å²) in [5.74, 6) is 0.738. The van der Waals surface area contributed by atoms with Crippen LogP contribution in [0.3, 0.4) is 0 Å². The highest BCUT2D eigenvalue weighted by atomic mass is 16.3. The first-order chi connectivity index (χ1) is 8.61. The van der Waals surface area contributed by atoms with E-state index in [1.165, 1.54) is 10.7 Å². The van der Waals surface area contributed by atoms with Crippen LogP contribution in [0.5, 0.6) is 0 Å². The number of β-amino-alcohol motifs (C(OH)–C–C–N with tert-alkyl or cyclic N) is 1. The summed E-state index contributed by atoms with van der Waals surface area (Å²) >= 11 is 0. The number of hydrogen-bond donors (Lipinski definition) is 2. The minimum atomic E-state index is -0.589. The van der Waals surface area contributed by atoms with E-state index in [1.54, 1.807) is 6.07 Å². The first-order valence-electron chi connectivity index (χ1n) is 6.01. The van der Waals surface area contributed by atoms with Gasteiger partial charge in [-0.05, 0) is 6.42 Å². The average molecular weight is 249 g/mol. The normalized spacial score (nSPS) is 18.0. The van der Waals surface area contributed by atoms with Crippen LogP contribution in [0.15, 0.2) is 17.2 Å². The van der Waals surface area contributed by atoms with Crippen molar-refractivity contribution >= 4 is 11.5 Å². The Balaban J connectivity index is 1.82. The van der Waals surface area contributed by atoms with Crippen LogP contribution in [-0.2, 0) is 0 Å². The summed E-state index contributed by atoms with van der Waals surface area (Å²) in [5.41, 5.74) is -0.348. The highest BCUT2D eigenvalue weighted by molar-refractivity contribution is 5.52. The van der Waals surface area contributed by atoms with Crippen LogP contribution < -0.4 is 10.6 Å². The molecule has 0 unspecified atom stereocenters. The molecule has 7 heteroatoms.